The van der Waals surface area contributed by atoms with Crippen molar-refractivity contribution < 1.29 is 15.0 Å². The molecule has 0 aliphatic carbocycles. The Balaban J connectivity index is 1.98. The van der Waals surface area contributed by atoms with Gasteiger partial charge in [0.15, 0.2) is 16.6 Å². The molecule has 0 spiro atoms. The van der Waals surface area contributed by atoms with Gasteiger partial charge in [-0.05, 0) is 24.1 Å². The van der Waals surface area contributed by atoms with Gasteiger partial charge in [-0.3, -0.25) is 4.79 Å². The number of carbonyl (C=O) groups excluding carboxylic acids is 1. The molecule has 1 aromatic carbocycles. The molecule has 100 valence electrons. The minimum absolute atomic E-state index is 0.204. The van der Waals surface area contributed by atoms with Gasteiger partial charge in [0.05, 0.1) is 6.04 Å². The summed E-state index contributed by atoms with van der Waals surface area (Å²) in [6.07, 6.45) is 1.84. The van der Waals surface area contributed by atoms with Crippen LogP contribution in [0.2, 0.25) is 0 Å². The molecule has 1 heterocycles. The first-order valence-corrected chi connectivity index (χ1v) is 6.41. The third-order valence-electron chi connectivity index (χ3n) is 2.49. The summed E-state index contributed by atoms with van der Waals surface area (Å²) in [5.74, 6) is -0.780. The number of phenolic OH excluding ortho intramolecular Hbond substituents is 2. The van der Waals surface area contributed by atoms with Crippen molar-refractivity contribution in [1.82, 2.24) is 4.98 Å². The van der Waals surface area contributed by atoms with E-state index in [-0.39, 0.29) is 23.8 Å². The van der Waals surface area contributed by atoms with Crippen molar-refractivity contribution in [3.05, 3.63) is 35.3 Å². The number of rotatable bonds is 4. The largest absolute Gasteiger partial charge is 0.504 e. The number of thiazole rings is 1. The maximum Gasteiger partial charge on any atom is 0.243 e. The Morgan fingerprint density at radius 3 is 2.84 bits per heavy atom. The summed E-state index contributed by atoms with van der Waals surface area (Å²) in [5, 5.41) is 23.4. The lowest BCUT2D eigenvalue weighted by Crippen LogP contribution is -2.37. The zero-order chi connectivity index (χ0) is 13.8. The smallest absolute Gasteiger partial charge is 0.243 e. The molecule has 2 rings (SSSR count). The SMILES string of the molecule is N[C@@H](Cc1ccc(O)c(O)c1)C(=O)Nc1nccs1. The maximum atomic E-state index is 11.8. The fourth-order valence-electron chi connectivity index (χ4n) is 1.53. The van der Waals surface area contributed by atoms with Crippen molar-refractivity contribution in [3.8, 4) is 11.5 Å². The number of hydrogen-bond donors (Lipinski definition) is 4. The predicted octanol–water partition coefficient (Wildman–Crippen LogP) is 1.06. The molecule has 0 aliphatic heterocycles. The highest BCUT2D eigenvalue weighted by molar-refractivity contribution is 7.13. The molecule has 0 bridgehead atoms. The van der Waals surface area contributed by atoms with Crippen LogP contribution in [0.1, 0.15) is 5.56 Å². The standard InChI is InChI=1S/C12H13N3O3S/c13-8(11(18)15-12-14-3-4-19-12)5-7-1-2-9(16)10(17)6-7/h1-4,6,8,16-17H,5,13H2,(H,14,15,18)/t8-/m0/s1. The van der Waals surface area contributed by atoms with E-state index in [1.54, 1.807) is 17.6 Å². The zero-order valence-corrected chi connectivity index (χ0v) is 10.7. The van der Waals surface area contributed by atoms with E-state index in [9.17, 15) is 15.0 Å². The summed E-state index contributed by atoms with van der Waals surface area (Å²) in [4.78, 5) is 15.7. The second-order valence-corrected chi connectivity index (χ2v) is 4.85. The fourth-order valence-corrected chi connectivity index (χ4v) is 2.06. The predicted molar refractivity (Wildman–Crippen MR) is 72.2 cm³/mol. The third-order valence-corrected chi connectivity index (χ3v) is 3.18. The van der Waals surface area contributed by atoms with E-state index >= 15 is 0 Å². The number of aromatic hydroxyl groups is 2. The Morgan fingerprint density at radius 2 is 2.21 bits per heavy atom. The van der Waals surface area contributed by atoms with Crippen LogP contribution in [0.25, 0.3) is 0 Å². The topological polar surface area (TPSA) is 108 Å². The highest BCUT2D eigenvalue weighted by atomic mass is 32.1. The van der Waals surface area contributed by atoms with Crippen LogP contribution in [-0.2, 0) is 11.2 Å². The third kappa shape index (κ3) is 3.43. The number of nitrogens with two attached hydrogens (primary N) is 1. The molecule has 19 heavy (non-hydrogen) atoms. The first-order valence-electron chi connectivity index (χ1n) is 5.53. The monoisotopic (exact) mass is 279 g/mol. The molecule has 1 aromatic heterocycles. The lowest BCUT2D eigenvalue weighted by atomic mass is 10.1. The van der Waals surface area contributed by atoms with Crippen LogP contribution in [0, 0.1) is 0 Å². The summed E-state index contributed by atoms with van der Waals surface area (Å²) >= 11 is 1.31. The Hall–Kier alpha value is -2.12. The number of benzene rings is 1. The van der Waals surface area contributed by atoms with Crippen molar-refractivity contribution in [2.24, 2.45) is 5.73 Å². The van der Waals surface area contributed by atoms with E-state index in [2.05, 4.69) is 10.3 Å². The number of aromatic nitrogens is 1. The van der Waals surface area contributed by atoms with Gasteiger partial charge in [-0.15, -0.1) is 11.3 Å². The van der Waals surface area contributed by atoms with Gasteiger partial charge in [0.2, 0.25) is 5.91 Å². The number of phenols is 2. The van der Waals surface area contributed by atoms with Gasteiger partial charge < -0.3 is 21.3 Å². The van der Waals surface area contributed by atoms with Crippen LogP contribution >= 0.6 is 11.3 Å². The highest BCUT2D eigenvalue weighted by Crippen LogP contribution is 2.25. The second kappa shape index (κ2) is 5.68. The van der Waals surface area contributed by atoms with Crippen LogP contribution in [-0.4, -0.2) is 27.1 Å². The van der Waals surface area contributed by atoms with Crippen LogP contribution < -0.4 is 11.1 Å². The molecule has 7 heteroatoms. The quantitative estimate of drug-likeness (QED) is 0.626. The molecule has 0 unspecified atom stereocenters. The number of amides is 1. The molecule has 1 amide bonds. The van der Waals surface area contributed by atoms with Gasteiger partial charge >= 0.3 is 0 Å². The molecule has 0 radical (unpaired) electrons. The van der Waals surface area contributed by atoms with Gasteiger partial charge in [0.25, 0.3) is 0 Å². The summed E-state index contributed by atoms with van der Waals surface area (Å²) < 4.78 is 0. The van der Waals surface area contributed by atoms with Crippen LogP contribution in [0.3, 0.4) is 0 Å². The number of anilines is 1. The van der Waals surface area contributed by atoms with Gasteiger partial charge in [0.1, 0.15) is 0 Å². The Morgan fingerprint density at radius 1 is 1.42 bits per heavy atom. The molecule has 1 atom stereocenters. The lowest BCUT2D eigenvalue weighted by molar-refractivity contribution is -0.117. The van der Waals surface area contributed by atoms with Crippen molar-refractivity contribution in [2.75, 3.05) is 5.32 Å². The van der Waals surface area contributed by atoms with E-state index in [1.165, 1.54) is 23.5 Å². The van der Waals surface area contributed by atoms with Crippen molar-refractivity contribution in [2.45, 2.75) is 12.5 Å². The highest BCUT2D eigenvalue weighted by Gasteiger charge is 2.15. The van der Waals surface area contributed by atoms with E-state index in [0.717, 1.165) is 0 Å². The van der Waals surface area contributed by atoms with Gasteiger partial charge in [0, 0.05) is 11.6 Å². The maximum absolute atomic E-state index is 11.8. The van der Waals surface area contributed by atoms with Gasteiger partial charge in [-0.25, -0.2) is 4.98 Å². The Bertz CT molecular complexity index is 572. The van der Waals surface area contributed by atoms with E-state index < -0.39 is 6.04 Å². The normalized spacial score (nSPS) is 12.1. The molecular formula is C12H13N3O3S. The number of hydrogen-bond acceptors (Lipinski definition) is 6. The first-order chi connectivity index (χ1) is 9.06. The molecule has 0 saturated carbocycles. The zero-order valence-electron chi connectivity index (χ0n) is 9.91. The van der Waals surface area contributed by atoms with Crippen LogP contribution in [0.5, 0.6) is 11.5 Å². The molecular weight excluding hydrogens is 266 g/mol. The Labute approximate surface area is 113 Å². The van der Waals surface area contributed by atoms with Crippen LogP contribution in [0.15, 0.2) is 29.8 Å². The van der Waals surface area contributed by atoms with Crippen molar-refractivity contribution in [3.63, 3.8) is 0 Å². The second-order valence-electron chi connectivity index (χ2n) is 3.96. The average Bonchev–Trinajstić information content (AvgIpc) is 2.86. The summed E-state index contributed by atoms with van der Waals surface area (Å²) in [6, 6.07) is 3.58. The molecule has 2 aromatic rings. The Kier molecular flexibility index (Phi) is 3.98. The summed E-state index contributed by atoms with van der Waals surface area (Å²) in [6.45, 7) is 0. The number of nitrogens with one attached hydrogen (secondary N) is 1. The number of nitrogens with zero attached hydrogens (tertiary/aromatic N) is 1. The summed E-state index contributed by atoms with van der Waals surface area (Å²) in [7, 11) is 0. The van der Waals surface area contributed by atoms with E-state index in [0.29, 0.717) is 10.7 Å². The molecule has 0 saturated heterocycles. The first kappa shape index (κ1) is 13.3. The summed E-state index contributed by atoms with van der Waals surface area (Å²) in [5.41, 5.74) is 6.44. The van der Waals surface area contributed by atoms with Gasteiger partial charge in [-0.1, -0.05) is 6.07 Å². The average molecular weight is 279 g/mol. The molecule has 6 nitrogen and oxygen atoms in total. The lowest BCUT2D eigenvalue weighted by Gasteiger charge is -2.11. The minimum atomic E-state index is -0.757. The van der Waals surface area contributed by atoms with E-state index in [4.69, 9.17) is 5.73 Å². The van der Waals surface area contributed by atoms with Crippen molar-refractivity contribution >= 4 is 22.4 Å². The molecule has 0 aliphatic rings. The van der Waals surface area contributed by atoms with Crippen molar-refractivity contribution in [1.29, 1.82) is 0 Å². The molecule has 0 fully saturated rings. The minimum Gasteiger partial charge on any atom is -0.504 e. The number of carbonyl (C=O) groups is 1. The van der Waals surface area contributed by atoms with Gasteiger partial charge in [-0.2, -0.15) is 0 Å². The van der Waals surface area contributed by atoms with E-state index in [1.807, 2.05) is 0 Å². The fraction of sp³-hybridized carbons (Fsp3) is 0.167. The van der Waals surface area contributed by atoms with Crippen LogP contribution in [0.4, 0.5) is 5.13 Å². The molecule has 5 N–H and O–H groups in total.